The largest absolute Gasteiger partial charge is 0.497 e. The first-order chi connectivity index (χ1) is 15.7. The smallest absolute Gasteiger partial charge is 0.355 e. The van der Waals surface area contributed by atoms with Crippen LogP contribution in [0.4, 0.5) is 18.9 Å². The SMILES string of the molecule is COc1cc(OC)c2[nH]c(C(=O)OCC(=O)NCC(=O)Nc3ccc(F)c(F)c3F)cc2c1. The fraction of sp³-hybridized carbons (Fsp3) is 0.190. The van der Waals surface area contributed by atoms with Crippen LogP contribution in [0.15, 0.2) is 30.3 Å². The molecular weight excluding hydrogens is 447 g/mol. The second-order valence-corrected chi connectivity index (χ2v) is 6.60. The molecule has 12 heteroatoms. The van der Waals surface area contributed by atoms with Crippen LogP contribution in [0.1, 0.15) is 10.5 Å². The van der Waals surface area contributed by atoms with Gasteiger partial charge in [0.15, 0.2) is 24.1 Å². The summed E-state index contributed by atoms with van der Waals surface area (Å²) >= 11 is 0. The molecule has 0 bridgehead atoms. The van der Waals surface area contributed by atoms with Crippen molar-refractivity contribution < 1.29 is 41.8 Å². The summed E-state index contributed by atoms with van der Waals surface area (Å²) < 4.78 is 55.0. The number of aromatic nitrogens is 1. The Morgan fingerprint density at radius 2 is 1.73 bits per heavy atom. The van der Waals surface area contributed by atoms with Crippen LogP contribution in [-0.4, -0.2) is 50.1 Å². The molecule has 3 aromatic rings. The Hall–Kier alpha value is -4.22. The second kappa shape index (κ2) is 9.94. The lowest BCUT2D eigenvalue weighted by atomic mass is 10.2. The van der Waals surface area contributed by atoms with Crippen molar-refractivity contribution in [2.45, 2.75) is 0 Å². The van der Waals surface area contributed by atoms with E-state index in [1.165, 1.54) is 20.3 Å². The number of halogens is 3. The number of hydrogen-bond acceptors (Lipinski definition) is 6. The molecule has 0 atom stereocenters. The summed E-state index contributed by atoms with van der Waals surface area (Å²) in [7, 11) is 2.93. The van der Waals surface area contributed by atoms with E-state index in [-0.39, 0.29) is 5.69 Å². The third kappa shape index (κ3) is 5.34. The van der Waals surface area contributed by atoms with E-state index in [1.54, 1.807) is 12.1 Å². The van der Waals surface area contributed by atoms with Crippen molar-refractivity contribution in [3.05, 3.63) is 53.5 Å². The van der Waals surface area contributed by atoms with Gasteiger partial charge in [-0.1, -0.05) is 0 Å². The minimum Gasteiger partial charge on any atom is -0.497 e. The molecule has 0 saturated carbocycles. The van der Waals surface area contributed by atoms with Crippen molar-refractivity contribution in [1.29, 1.82) is 0 Å². The van der Waals surface area contributed by atoms with Crippen molar-refractivity contribution in [3.8, 4) is 11.5 Å². The molecule has 0 unspecified atom stereocenters. The number of aromatic amines is 1. The summed E-state index contributed by atoms with van der Waals surface area (Å²) in [6.07, 6.45) is 0. The predicted molar refractivity (Wildman–Crippen MR) is 110 cm³/mol. The molecule has 0 aliphatic heterocycles. The van der Waals surface area contributed by atoms with Gasteiger partial charge < -0.3 is 29.8 Å². The number of anilines is 1. The number of carbonyl (C=O) groups is 3. The van der Waals surface area contributed by atoms with E-state index >= 15 is 0 Å². The van der Waals surface area contributed by atoms with Crippen molar-refractivity contribution in [1.82, 2.24) is 10.3 Å². The molecule has 9 nitrogen and oxygen atoms in total. The topological polar surface area (TPSA) is 119 Å². The number of hydrogen-bond donors (Lipinski definition) is 3. The van der Waals surface area contributed by atoms with Crippen LogP contribution >= 0.6 is 0 Å². The average Bonchev–Trinajstić information content (AvgIpc) is 3.25. The number of rotatable bonds is 8. The summed E-state index contributed by atoms with van der Waals surface area (Å²) in [5.41, 5.74) is -0.0165. The lowest BCUT2D eigenvalue weighted by Crippen LogP contribution is -2.35. The minimum absolute atomic E-state index is 0.0518. The molecule has 0 aliphatic rings. The molecular formula is C21H18F3N3O6. The summed E-state index contributed by atoms with van der Waals surface area (Å²) in [6.45, 7) is -1.33. The monoisotopic (exact) mass is 465 g/mol. The zero-order chi connectivity index (χ0) is 24.1. The quantitative estimate of drug-likeness (QED) is 0.348. The highest BCUT2D eigenvalue weighted by atomic mass is 19.2. The Bertz CT molecular complexity index is 1230. The number of amides is 2. The van der Waals surface area contributed by atoms with Crippen molar-refractivity contribution in [3.63, 3.8) is 0 Å². The zero-order valence-electron chi connectivity index (χ0n) is 17.4. The zero-order valence-corrected chi connectivity index (χ0v) is 17.4. The third-order valence-electron chi connectivity index (χ3n) is 4.43. The van der Waals surface area contributed by atoms with E-state index in [0.29, 0.717) is 28.5 Å². The molecule has 2 aromatic carbocycles. The lowest BCUT2D eigenvalue weighted by Gasteiger charge is -2.08. The van der Waals surface area contributed by atoms with Gasteiger partial charge in [-0.05, 0) is 24.3 Å². The first-order valence-electron chi connectivity index (χ1n) is 9.35. The highest BCUT2D eigenvalue weighted by Gasteiger charge is 2.18. The molecule has 1 heterocycles. The van der Waals surface area contributed by atoms with Crippen molar-refractivity contribution >= 4 is 34.4 Å². The fourth-order valence-corrected chi connectivity index (χ4v) is 2.83. The second-order valence-electron chi connectivity index (χ2n) is 6.60. The van der Waals surface area contributed by atoms with Gasteiger partial charge in [-0.2, -0.15) is 0 Å². The van der Waals surface area contributed by atoms with Gasteiger partial charge in [-0.25, -0.2) is 18.0 Å². The van der Waals surface area contributed by atoms with Crippen LogP contribution in [0.25, 0.3) is 10.9 Å². The molecule has 1 aromatic heterocycles. The molecule has 0 fully saturated rings. The number of ether oxygens (including phenoxy) is 3. The van der Waals surface area contributed by atoms with Gasteiger partial charge in [0.25, 0.3) is 5.91 Å². The van der Waals surface area contributed by atoms with Gasteiger partial charge >= 0.3 is 5.97 Å². The van der Waals surface area contributed by atoms with Gasteiger partial charge in [0.1, 0.15) is 17.2 Å². The number of nitrogens with one attached hydrogen (secondary N) is 3. The summed E-state index contributed by atoms with van der Waals surface area (Å²) in [5.74, 6) is -6.34. The van der Waals surface area contributed by atoms with Gasteiger partial charge in [0, 0.05) is 11.5 Å². The molecule has 0 aliphatic carbocycles. The van der Waals surface area contributed by atoms with Crippen molar-refractivity contribution in [2.75, 3.05) is 32.7 Å². The van der Waals surface area contributed by atoms with Crippen LogP contribution in [0.2, 0.25) is 0 Å². The molecule has 33 heavy (non-hydrogen) atoms. The molecule has 174 valence electrons. The van der Waals surface area contributed by atoms with E-state index < -0.39 is 54.1 Å². The molecule has 3 rings (SSSR count). The number of benzene rings is 2. The molecule has 3 N–H and O–H groups in total. The maximum absolute atomic E-state index is 13.6. The molecule has 0 spiro atoms. The van der Waals surface area contributed by atoms with E-state index in [1.807, 2.05) is 5.32 Å². The van der Waals surface area contributed by atoms with E-state index in [2.05, 4.69) is 10.3 Å². The lowest BCUT2D eigenvalue weighted by molar-refractivity contribution is -0.126. The fourth-order valence-electron chi connectivity index (χ4n) is 2.83. The Kier molecular flexibility index (Phi) is 7.06. The summed E-state index contributed by atoms with van der Waals surface area (Å²) in [5, 5.41) is 4.75. The maximum Gasteiger partial charge on any atom is 0.355 e. The van der Waals surface area contributed by atoms with Gasteiger partial charge in [0.05, 0.1) is 32.0 Å². The summed E-state index contributed by atoms with van der Waals surface area (Å²) in [4.78, 5) is 38.7. The van der Waals surface area contributed by atoms with Crippen LogP contribution in [0.5, 0.6) is 11.5 Å². The van der Waals surface area contributed by atoms with E-state index in [9.17, 15) is 27.6 Å². The van der Waals surface area contributed by atoms with Crippen molar-refractivity contribution in [2.24, 2.45) is 0 Å². The van der Waals surface area contributed by atoms with E-state index in [0.717, 1.165) is 6.07 Å². The number of esters is 1. The third-order valence-corrected chi connectivity index (χ3v) is 4.43. The molecule has 0 radical (unpaired) electrons. The van der Waals surface area contributed by atoms with Crippen LogP contribution in [-0.2, 0) is 14.3 Å². The van der Waals surface area contributed by atoms with Crippen LogP contribution < -0.4 is 20.1 Å². The number of methoxy groups -OCH3 is 2. The Morgan fingerprint density at radius 3 is 2.42 bits per heavy atom. The summed E-state index contributed by atoms with van der Waals surface area (Å²) in [6, 6.07) is 6.26. The average molecular weight is 465 g/mol. The number of carbonyl (C=O) groups excluding carboxylic acids is 3. The van der Waals surface area contributed by atoms with Gasteiger partial charge in [-0.15, -0.1) is 0 Å². The Balaban J connectivity index is 1.53. The van der Waals surface area contributed by atoms with Crippen LogP contribution in [0.3, 0.4) is 0 Å². The molecule has 0 saturated heterocycles. The van der Waals surface area contributed by atoms with E-state index in [4.69, 9.17) is 14.2 Å². The van der Waals surface area contributed by atoms with Gasteiger partial charge in [0.2, 0.25) is 5.91 Å². The minimum atomic E-state index is -1.74. The van der Waals surface area contributed by atoms with Gasteiger partial charge in [-0.3, -0.25) is 9.59 Å². The number of H-pyrrole nitrogens is 1. The molecule has 2 amide bonds. The first kappa shape index (κ1) is 23.4. The standard InChI is InChI=1S/C21H18F3N3O6/c1-31-11-5-10-6-14(27-20(10)15(7-11)32-2)21(30)33-9-17(29)25-8-16(28)26-13-4-3-12(22)18(23)19(13)24/h3-7,27H,8-9H2,1-2H3,(H,25,29)(H,26,28). The first-order valence-corrected chi connectivity index (χ1v) is 9.35. The Labute approximate surface area is 184 Å². The number of fused-ring (bicyclic) bond motifs is 1. The normalized spacial score (nSPS) is 10.6. The maximum atomic E-state index is 13.6. The highest BCUT2D eigenvalue weighted by molar-refractivity contribution is 5.98. The predicted octanol–water partition coefficient (Wildman–Crippen LogP) is 2.51. The Morgan fingerprint density at radius 1 is 0.970 bits per heavy atom. The highest BCUT2D eigenvalue weighted by Crippen LogP contribution is 2.31. The van der Waals surface area contributed by atoms with Crippen LogP contribution in [0, 0.1) is 17.5 Å².